The molecule has 0 saturated heterocycles. The summed E-state index contributed by atoms with van der Waals surface area (Å²) in [5.74, 6) is 0. The van der Waals surface area contributed by atoms with E-state index in [-0.39, 0.29) is 18.8 Å². The minimum absolute atomic E-state index is 0.107. The molecule has 0 aliphatic rings. The second kappa shape index (κ2) is 6.54. The van der Waals surface area contributed by atoms with Crippen LogP contribution in [0, 0.1) is 0 Å². The van der Waals surface area contributed by atoms with Gasteiger partial charge in [-0.25, -0.2) is 0 Å². The lowest BCUT2D eigenvalue weighted by Crippen LogP contribution is -2.39. The van der Waals surface area contributed by atoms with Gasteiger partial charge in [0, 0.05) is 19.1 Å². The van der Waals surface area contributed by atoms with Crippen molar-refractivity contribution in [1.82, 2.24) is 5.32 Å². The van der Waals surface area contributed by atoms with Crippen LogP contribution in [0.4, 0.5) is 0 Å². The van der Waals surface area contributed by atoms with E-state index < -0.39 is 0 Å². The second-order valence-corrected chi connectivity index (χ2v) is 2.70. The van der Waals surface area contributed by atoms with Crippen molar-refractivity contribution in [3.63, 3.8) is 0 Å². The van der Waals surface area contributed by atoms with Gasteiger partial charge < -0.3 is 21.3 Å². The van der Waals surface area contributed by atoms with Gasteiger partial charge in [0.25, 0.3) is 0 Å². The smallest absolute Gasteiger partial charge is 0.0556 e. The van der Waals surface area contributed by atoms with Crippen LogP contribution >= 0.6 is 0 Å². The summed E-state index contributed by atoms with van der Waals surface area (Å²) in [5, 5.41) is 20.5. The van der Waals surface area contributed by atoms with Crippen molar-refractivity contribution in [2.45, 2.75) is 25.5 Å². The van der Waals surface area contributed by atoms with Crippen LogP contribution in [-0.4, -0.2) is 42.1 Å². The highest BCUT2D eigenvalue weighted by atomic mass is 16.3. The summed E-state index contributed by atoms with van der Waals surface area (Å²) >= 11 is 0. The average Bonchev–Trinajstić information content (AvgIpc) is 1.97. The Morgan fingerprint density at radius 2 is 2.18 bits per heavy atom. The molecule has 0 spiro atoms. The van der Waals surface area contributed by atoms with Gasteiger partial charge in [0.15, 0.2) is 0 Å². The van der Waals surface area contributed by atoms with Crippen molar-refractivity contribution in [2.24, 2.45) is 5.73 Å². The van der Waals surface area contributed by atoms with Gasteiger partial charge in [0.05, 0.1) is 12.7 Å². The fourth-order valence-electron chi connectivity index (χ4n) is 0.943. The van der Waals surface area contributed by atoms with Gasteiger partial charge in [-0.3, -0.25) is 0 Å². The predicted octanol–water partition coefficient (Wildman–Crippen LogP) is -1.33. The lowest BCUT2D eigenvalue weighted by Gasteiger charge is -2.17. The Balaban J connectivity index is 3.41. The van der Waals surface area contributed by atoms with Gasteiger partial charge in [0.2, 0.25) is 0 Å². The molecule has 0 aromatic rings. The summed E-state index contributed by atoms with van der Waals surface area (Å²) in [6.07, 6.45) is 0.297. The Kier molecular flexibility index (Phi) is 6.45. The van der Waals surface area contributed by atoms with E-state index in [2.05, 4.69) is 5.32 Å². The van der Waals surface area contributed by atoms with Crippen molar-refractivity contribution < 1.29 is 10.2 Å². The third-order valence-corrected chi connectivity index (χ3v) is 1.45. The summed E-state index contributed by atoms with van der Waals surface area (Å²) in [6, 6.07) is 0.113. The molecular weight excluding hydrogens is 144 g/mol. The minimum atomic E-state index is -0.338. The molecule has 0 saturated carbocycles. The van der Waals surface area contributed by atoms with E-state index in [1.807, 2.05) is 0 Å². The minimum Gasteiger partial charge on any atom is -0.395 e. The third-order valence-electron chi connectivity index (χ3n) is 1.45. The van der Waals surface area contributed by atoms with Crippen LogP contribution in [0.3, 0.4) is 0 Å². The number of nitrogens with one attached hydrogen (secondary N) is 1. The van der Waals surface area contributed by atoms with E-state index in [9.17, 15) is 0 Å². The molecule has 4 heteroatoms. The molecule has 0 amide bonds. The van der Waals surface area contributed by atoms with E-state index in [4.69, 9.17) is 15.9 Å². The second-order valence-electron chi connectivity index (χ2n) is 2.70. The normalized spacial score (nSPS) is 16.4. The van der Waals surface area contributed by atoms with Crippen LogP contribution in [0.1, 0.15) is 13.3 Å². The van der Waals surface area contributed by atoms with Crippen LogP contribution in [-0.2, 0) is 0 Å². The summed E-state index contributed by atoms with van der Waals surface area (Å²) in [6.45, 7) is 2.86. The standard InChI is InChI=1S/C7H18N2O2/c1-6(11)4-7(5-8)9-2-3-10/h6-7,9-11H,2-5,8H2,1H3. The number of nitrogens with two attached hydrogens (primary N) is 1. The molecule has 0 fully saturated rings. The fraction of sp³-hybridized carbons (Fsp3) is 1.00. The predicted molar refractivity (Wildman–Crippen MR) is 44.2 cm³/mol. The van der Waals surface area contributed by atoms with E-state index in [1.54, 1.807) is 6.92 Å². The number of aliphatic hydroxyl groups excluding tert-OH is 2. The number of aliphatic hydroxyl groups is 2. The number of rotatable bonds is 6. The molecular formula is C7H18N2O2. The Hall–Kier alpha value is -0.160. The summed E-state index contributed by atoms with van der Waals surface area (Å²) < 4.78 is 0. The highest BCUT2D eigenvalue weighted by Crippen LogP contribution is 1.94. The van der Waals surface area contributed by atoms with Crippen LogP contribution in [0.15, 0.2) is 0 Å². The van der Waals surface area contributed by atoms with Gasteiger partial charge in [-0.05, 0) is 13.3 Å². The van der Waals surface area contributed by atoms with Crippen molar-refractivity contribution in [3.05, 3.63) is 0 Å². The molecule has 0 aliphatic heterocycles. The van der Waals surface area contributed by atoms with E-state index >= 15 is 0 Å². The molecule has 11 heavy (non-hydrogen) atoms. The van der Waals surface area contributed by atoms with Crippen molar-refractivity contribution in [3.8, 4) is 0 Å². The van der Waals surface area contributed by atoms with E-state index in [0.717, 1.165) is 0 Å². The zero-order valence-electron chi connectivity index (χ0n) is 6.95. The molecule has 0 heterocycles. The molecule has 0 aromatic carbocycles. The van der Waals surface area contributed by atoms with Crippen LogP contribution in [0.2, 0.25) is 0 Å². The lowest BCUT2D eigenvalue weighted by molar-refractivity contribution is 0.166. The summed E-state index contributed by atoms with van der Waals surface area (Å²) in [5.41, 5.74) is 5.41. The van der Waals surface area contributed by atoms with Gasteiger partial charge in [-0.1, -0.05) is 0 Å². The quantitative estimate of drug-likeness (QED) is 0.390. The van der Waals surface area contributed by atoms with Gasteiger partial charge in [0.1, 0.15) is 0 Å². The zero-order valence-corrected chi connectivity index (χ0v) is 6.95. The fourth-order valence-corrected chi connectivity index (χ4v) is 0.943. The molecule has 2 atom stereocenters. The molecule has 5 N–H and O–H groups in total. The SMILES string of the molecule is CC(O)CC(CN)NCCO. The maximum absolute atomic E-state index is 9.00. The van der Waals surface area contributed by atoms with Crippen LogP contribution in [0.25, 0.3) is 0 Å². The van der Waals surface area contributed by atoms with Gasteiger partial charge in [-0.2, -0.15) is 0 Å². The maximum atomic E-state index is 9.00. The molecule has 0 aromatic heterocycles. The molecule has 2 unspecified atom stereocenters. The van der Waals surface area contributed by atoms with Crippen LogP contribution < -0.4 is 11.1 Å². The third kappa shape index (κ3) is 6.25. The average molecular weight is 162 g/mol. The highest BCUT2D eigenvalue weighted by Gasteiger charge is 2.07. The molecule has 4 nitrogen and oxygen atoms in total. The molecule has 0 bridgehead atoms. The first kappa shape index (κ1) is 10.8. The van der Waals surface area contributed by atoms with Crippen molar-refractivity contribution in [1.29, 1.82) is 0 Å². The van der Waals surface area contributed by atoms with Crippen molar-refractivity contribution >= 4 is 0 Å². The summed E-state index contributed by atoms with van der Waals surface area (Å²) in [4.78, 5) is 0. The Bertz CT molecular complexity index is 88.5. The Morgan fingerprint density at radius 1 is 1.55 bits per heavy atom. The molecule has 0 rings (SSSR count). The van der Waals surface area contributed by atoms with Gasteiger partial charge >= 0.3 is 0 Å². The first-order valence-electron chi connectivity index (χ1n) is 3.93. The number of hydrogen-bond acceptors (Lipinski definition) is 4. The first-order chi connectivity index (χ1) is 5.20. The highest BCUT2D eigenvalue weighted by molar-refractivity contribution is 4.69. The number of hydrogen-bond donors (Lipinski definition) is 4. The molecule has 0 radical (unpaired) electrons. The largest absolute Gasteiger partial charge is 0.395 e. The lowest BCUT2D eigenvalue weighted by atomic mass is 10.1. The van der Waals surface area contributed by atoms with Crippen molar-refractivity contribution in [2.75, 3.05) is 19.7 Å². The Labute approximate surface area is 67.4 Å². The van der Waals surface area contributed by atoms with E-state index in [0.29, 0.717) is 19.5 Å². The zero-order chi connectivity index (χ0) is 8.69. The Morgan fingerprint density at radius 3 is 2.55 bits per heavy atom. The first-order valence-corrected chi connectivity index (χ1v) is 3.93. The van der Waals surface area contributed by atoms with Gasteiger partial charge in [-0.15, -0.1) is 0 Å². The maximum Gasteiger partial charge on any atom is 0.0556 e. The van der Waals surface area contributed by atoms with E-state index in [1.165, 1.54) is 0 Å². The topological polar surface area (TPSA) is 78.5 Å². The molecule has 68 valence electrons. The molecule has 0 aliphatic carbocycles. The van der Waals surface area contributed by atoms with Crippen LogP contribution in [0.5, 0.6) is 0 Å². The monoisotopic (exact) mass is 162 g/mol. The summed E-state index contributed by atoms with van der Waals surface area (Å²) in [7, 11) is 0.